The van der Waals surface area contributed by atoms with E-state index in [1.165, 1.54) is 7.11 Å². The van der Waals surface area contributed by atoms with Gasteiger partial charge in [-0.05, 0) is 25.7 Å². The van der Waals surface area contributed by atoms with Crippen molar-refractivity contribution in [3.8, 4) is 0 Å². The number of hydrogen-bond donors (Lipinski definition) is 1. The molecule has 1 atom stereocenters. The highest BCUT2D eigenvalue weighted by molar-refractivity contribution is 5.76. The number of rotatable bonds is 8. The number of nitrogens with one attached hydrogen (secondary N) is 1. The molecule has 1 saturated heterocycles. The summed E-state index contributed by atoms with van der Waals surface area (Å²) in [6.07, 6.45) is 5.74. The van der Waals surface area contributed by atoms with E-state index in [9.17, 15) is 9.59 Å². The third-order valence-electron chi connectivity index (χ3n) is 3.04. The fourth-order valence-corrected chi connectivity index (χ4v) is 1.99. The van der Waals surface area contributed by atoms with Crippen LogP contribution in [0.15, 0.2) is 0 Å². The first-order valence-electron chi connectivity index (χ1n) is 6.67. The molecule has 1 amide bonds. The van der Waals surface area contributed by atoms with Crippen molar-refractivity contribution in [3.05, 3.63) is 0 Å². The van der Waals surface area contributed by atoms with Gasteiger partial charge in [-0.15, -0.1) is 0 Å². The average Bonchev–Trinajstić information content (AvgIpc) is 2.85. The van der Waals surface area contributed by atoms with Crippen molar-refractivity contribution in [1.82, 2.24) is 5.32 Å². The van der Waals surface area contributed by atoms with Gasteiger partial charge in [-0.3, -0.25) is 9.59 Å². The Labute approximate surface area is 108 Å². The average molecular weight is 257 g/mol. The van der Waals surface area contributed by atoms with Crippen molar-refractivity contribution in [1.29, 1.82) is 0 Å². The van der Waals surface area contributed by atoms with E-state index in [0.29, 0.717) is 19.4 Å². The Hall–Kier alpha value is -1.10. The predicted octanol–water partition coefficient (Wildman–Crippen LogP) is 1.41. The number of methoxy groups -OCH3 is 1. The normalized spacial score (nSPS) is 18.6. The maximum atomic E-state index is 11.5. The molecule has 1 rings (SSSR count). The van der Waals surface area contributed by atoms with E-state index >= 15 is 0 Å². The SMILES string of the molecule is COC(=O)CCCCCNC(=O)CC1CCCO1. The summed E-state index contributed by atoms with van der Waals surface area (Å²) in [6.45, 7) is 1.46. The molecule has 0 bridgehead atoms. The molecule has 5 heteroatoms. The summed E-state index contributed by atoms with van der Waals surface area (Å²) in [7, 11) is 1.40. The first kappa shape index (κ1) is 15.0. The molecule has 0 aromatic rings. The van der Waals surface area contributed by atoms with Crippen LogP contribution in [0, 0.1) is 0 Å². The number of hydrogen-bond acceptors (Lipinski definition) is 4. The zero-order valence-electron chi connectivity index (χ0n) is 11.1. The van der Waals surface area contributed by atoms with Crippen molar-refractivity contribution in [2.45, 2.75) is 51.0 Å². The summed E-state index contributed by atoms with van der Waals surface area (Å²) in [5.41, 5.74) is 0. The van der Waals surface area contributed by atoms with Crippen molar-refractivity contribution < 1.29 is 19.1 Å². The third-order valence-corrected chi connectivity index (χ3v) is 3.04. The van der Waals surface area contributed by atoms with E-state index < -0.39 is 0 Å². The van der Waals surface area contributed by atoms with Crippen LogP contribution in [-0.2, 0) is 19.1 Å². The molecule has 0 aromatic carbocycles. The molecule has 0 aliphatic carbocycles. The van der Waals surface area contributed by atoms with Crippen LogP contribution in [0.5, 0.6) is 0 Å². The lowest BCUT2D eigenvalue weighted by Crippen LogP contribution is -2.28. The molecule has 0 aromatic heterocycles. The van der Waals surface area contributed by atoms with Crippen LogP contribution in [0.1, 0.15) is 44.9 Å². The summed E-state index contributed by atoms with van der Waals surface area (Å²) in [5.74, 6) is -0.104. The molecule has 5 nitrogen and oxygen atoms in total. The Balaban J connectivity index is 1.90. The first-order chi connectivity index (χ1) is 8.72. The predicted molar refractivity (Wildman–Crippen MR) is 67.1 cm³/mol. The number of ether oxygens (including phenoxy) is 2. The van der Waals surface area contributed by atoms with Crippen molar-refractivity contribution in [2.75, 3.05) is 20.3 Å². The minimum Gasteiger partial charge on any atom is -0.469 e. The summed E-state index contributed by atoms with van der Waals surface area (Å²) in [6, 6.07) is 0. The lowest BCUT2D eigenvalue weighted by atomic mass is 10.1. The van der Waals surface area contributed by atoms with Gasteiger partial charge in [0.25, 0.3) is 0 Å². The number of carbonyl (C=O) groups excluding carboxylic acids is 2. The van der Waals surface area contributed by atoms with E-state index in [0.717, 1.165) is 38.7 Å². The summed E-state index contributed by atoms with van der Waals surface area (Å²) >= 11 is 0. The number of amides is 1. The minimum atomic E-state index is -0.169. The molecule has 0 spiro atoms. The Bertz CT molecular complexity index is 262. The van der Waals surface area contributed by atoms with Gasteiger partial charge in [-0.1, -0.05) is 6.42 Å². The number of esters is 1. The molecule has 18 heavy (non-hydrogen) atoms. The maximum Gasteiger partial charge on any atom is 0.305 e. The van der Waals surface area contributed by atoms with Gasteiger partial charge in [-0.25, -0.2) is 0 Å². The monoisotopic (exact) mass is 257 g/mol. The smallest absolute Gasteiger partial charge is 0.305 e. The molecule has 1 fully saturated rings. The molecular weight excluding hydrogens is 234 g/mol. The Kier molecular flexibility index (Phi) is 7.41. The third kappa shape index (κ3) is 6.59. The summed E-state index contributed by atoms with van der Waals surface area (Å²) < 4.78 is 9.94. The summed E-state index contributed by atoms with van der Waals surface area (Å²) in [4.78, 5) is 22.4. The first-order valence-corrected chi connectivity index (χ1v) is 6.67. The van der Waals surface area contributed by atoms with Gasteiger partial charge >= 0.3 is 5.97 Å². The summed E-state index contributed by atoms with van der Waals surface area (Å²) in [5, 5.41) is 2.88. The maximum absolute atomic E-state index is 11.5. The van der Waals surface area contributed by atoms with Crippen LogP contribution in [0.3, 0.4) is 0 Å². The fourth-order valence-electron chi connectivity index (χ4n) is 1.99. The molecule has 1 aliphatic heterocycles. The van der Waals surface area contributed by atoms with Crippen LogP contribution in [-0.4, -0.2) is 38.2 Å². The largest absolute Gasteiger partial charge is 0.469 e. The molecular formula is C13H23NO4. The molecule has 0 saturated carbocycles. The minimum absolute atomic E-state index is 0.0647. The van der Waals surface area contributed by atoms with E-state index in [1.54, 1.807) is 0 Å². The zero-order valence-corrected chi connectivity index (χ0v) is 11.1. The highest BCUT2D eigenvalue weighted by Crippen LogP contribution is 2.14. The number of carbonyl (C=O) groups is 2. The van der Waals surface area contributed by atoms with Crippen LogP contribution in [0.4, 0.5) is 0 Å². The second kappa shape index (κ2) is 8.91. The quantitative estimate of drug-likeness (QED) is 0.527. The molecule has 1 unspecified atom stereocenters. The van der Waals surface area contributed by atoms with Gasteiger partial charge < -0.3 is 14.8 Å². The lowest BCUT2D eigenvalue weighted by molar-refractivity contribution is -0.140. The lowest BCUT2D eigenvalue weighted by Gasteiger charge is -2.09. The number of unbranched alkanes of at least 4 members (excludes halogenated alkanes) is 2. The Morgan fingerprint density at radius 1 is 1.33 bits per heavy atom. The van der Waals surface area contributed by atoms with Crippen LogP contribution in [0.2, 0.25) is 0 Å². The van der Waals surface area contributed by atoms with Gasteiger partial charge in [-0.2, -0.15) is 0 Å². The van der Waals surface area contributed by atoms with Crippen molar-refractivity contribution in [3.63, 3.8) is 0 Å². The molecule has 104 valence electrons. The van der Waals surface area contributed by atoms with E-state index in [4.69, 9.17) is 4.74 Å². The highest BCUT2D eigenvalue weighted by atomic mass is 16.5. The van der Waals surface area contributed by atoms with Gasteiger partial charge in [0.1, 0.15) is 0 Å². The van der Waals surface area contributed by atoms with Gasteiger partial charge in [0.2, 0.25) is 5.91 Å². The second-order valence-corrected chi connectivity index (χ2v) is 4.58. The van der Waals surface area contributed by atoms with Crippen LogP contribution in [0.25, 0.3) is 0 Å². The van der Waals surface area contributed by atoms with Crippen LogP contribution < -0.4 is 5.32 Å². The van der Waals surface area contributed by atoms with Gasteiger partial charge in [0, 0.05) is 19.6 Å². The van der Waals surface area contributed by atoms with Crippen LogP contribution >= 0.6 is 0 Å². The second-order valence-electron chi connectivity index (χ2n) is 4.58. The molecule has 1 aliphatic rings. The Morgan fingerprint density at radius 3 is 2.83 bits per heavy atom. The van der Waals surface area contributed by atoms with E-state index in [1.807, 2.05) is 0 Å². The van der Waals surface area contributed by atoms with E-state index in [-0.39, 0.29) is 18.0 Å². The fraction of sp³-hybridized carbons (Fsp3) is 0.846. The topological polar surface area (TPSA) is 64.6 Å². The standard InChI is InChI=1S/C13H23NO4/c1-17-13(16)7-3-2-4-8-14-12(15)10-11-6-5-9-18-11/h11H,2-10H2,1H3,(H,14,15). The van der Waals surface area contributed by atoms with Gasteiger partial charge in [0.15, 0.2) is 0 Å². The van der Waals surface area contributed by atoms with Gasteiger partial charge in [0.05, 0.1) is 19.6 Å². The highest BCUT2D eigenvalue weighted by Gasteiger charge is 2.18. The zero-order chi connectivity index (χ0) is 13.2. The molecule has 1 heterocycles. The Morgan fingerprint density at radius 2 is 2.17 bits per heavy atom. The molecule has 1 N–H and O–H groups in total. The van der Waals surface area contributed by atoms with E-state index in [2.05, 4.69) is 10.1 Å². The van der Waals surface area contributed by atoms with Crippen molar-refractivity contribution >= 4 is 11.9 Å². The molecule has 0 radical (unpaired) electrons. The van der Waals surface area contributed by atoms with Crippen molar-refractivity contribution in [2.24, 2.45) is 0 Å².